The number of aryl methyl sites for hydroxylation is 1. The van der Waals surface area contributed by atoms with Crippen LogP contribution in [0.2, 0.25) is 0 Å². The molecule has 0 saturated carbocycles. The van der Waals surface area contributed by atoms with Gasteiger partial charge in [0.1, 0.15) is 11.3 Å². The lowest BCUT2D eigenvalue weighted by atomic mass is 9.77. The number of fused-ring (bicyclic) bond motifs is 2. The molecule has 0 saturated heterocycles. The summed E-state index contributed by atoms with van der Waals surface area (Å²) in [5.74, 6) is -2.28. The zero-order chi connectivity index (χ0) is 21.6. The third-order valence-electron chi connectivity index (χ3n) is 5.43. The van der Waals surface area contributed by atoms with Crippen molar-refractivity contribution in [2.75, 3.05) is 0 Å². The van der Waals surface area contributed by atoms with Crippen LogP contribution in [0.1, 0.15) is 36.0 Å². The highest BCUT2D eigenvalue weighted by Crippen LogP contribution is 2.47. The maximum absolute atomic E-state index is 13.5. The SMILES string of the molecule is CCC(C(N)=O)C(c1ccc2c(c1)OC(F)(F)O2)c1cc(C)c2cccnc2c1O. The van der Waals surface area contributed by atoms with Crippen molar-refractivity contribution in [3.05, 3.63) is 59.3 Å². The predicted molar refractivity (Wildman–Crippen MR) is 106 cm³/mol. The number of carbonyl (C=O) groups excluding carboxylic acids is 1. The van der Waals surface area contributed by atoms with E-state index in [9.17, 15) is 18.7 Å². The lowest BCUT2D eigenvalue weighted by molar-refractivity contribution is -0.286. The van der Waals surface area contributed by atoms with Gasteiger partial charge in [-0.15, -0.1) is 8.78 Å². The zero-order valence-corrected chi connectivity index (χ0v) is 16.4. The van der Waals surface area contributed by atoms with Gasteiger partial charge in [0.05, 0.1) is 0 Å². The van der Waals surface area contributed by atoms with Crippen LogP contribution in [-0.4, -0.2) is 22.3 Å². The molecule has 0 aliphatic carbocycles. The molecule has 4 rings (SSSR count). The first-order valence-electron chi connectivity index (χ1n) is 9.48. The number of halogens is 2. The number of primary amides is 1. The zero-order valence-electron chi connectivity index (χ0n) is 16.4. The van der Waals surface area contributed by atoms with Crippen LogP contribution in [0.15, 0.2) is 42.6 Å². The Hall–Kier alpha value is -3.42. The van der Waals surface area contributed by atoms with Crippen LogP contribution < -0.4 is 15.2 Å². The molecule has 1 amide bonds. The number of ether oxygens (including phenoxy) is 2. The fourth-order valence-electron chi connectivity index (χ4n) is 4.05. The molecule has 0 bridgehead atoms. The number of aromatic nitrogens is 1. The second-order valence-corrected chi connectivity index (χ2v) is 7.30. The Labute approximate surface area is 171 Å². The second kappa shape index (κ2) is 7.12. The minimum Gasteiger partial charge on any atom is -0.505 e. The number of carbonyl (C=O) groups is 1. The van der Waals surface area contributed by atoms with E-state index in [1.54, 1.807) is 31.3 Å². The molecule has 6 nitrogen and oxygen atoms in total. The lowest BCUT2D eigenvalue weighted by Gasteiger charge is -2.26. The number of hydrogen-bond donors (Lipinski definition) is 2. The van der Waals surface area contributed by atoms with E-state index < -0.39 is 24.0 Å². The molecule has 0 fully saturated rings. The molecule has 1 aliphatic heterocycles. The minimum atomic E-state index is -3.75. The van der Waals surface area contributed by atoms with E-state index in [1.165, 1.54) is 12.1 Å². The first kappa shape index (κ1) is 19.9. The van der Waals surface area contributed by atoms with Gasteiger partial charge in [0.25, 0.3) is 0 Å². The smallest absolute Gasteiger partial charge is 0.505 e. The summed E-state index contributed by atoms with van der Waals surface area (Å²) in [6, 6.07) is 9.69. The Kier molecular flexibility index (Phi) is 4.72. The first-order valence-corrected chi connectivity index (χ1v) is 9.48. The number of pyridine rings is 1. The summed E-state index contributed by atoms with van der Waals surface area (Å²) in [4.78, 5) is 16.5. The molecular formula is C22H20F2N2O4. The van der Waals surface area contributed by atoms with Gasteiger partial charge in [-0.25, -0.2) is 0 Å². The van der Waals surface area contributed by atoms with Crippen LogP contribution in [0, 0.1) is 12.8 Å². The second-order valence-electron chi connectivity index (χ2n) is 7.30. The standard InChI is InChI=1S/C22H20F2N2O4/c1-3-13(21(25)28)18(12-6-7-16-17(10-12)30-22(23,24)29-16)15-9-11(2)14-5-4-8-26-19(14)20(15)27/h4-10,13,18,27H,3H2,1-2H3,(H2,25,28). The molecule has 3 N–H and O–H groups in total. The normalized spacial score (nSPS) is 16.4. The number of alkyl halides is 2. The highest BCUT2D eigenvalue weighted by Gasteiger charge is 2.44. The van der Waals surface area contributed by atoms with Gasteiger partial charge in [-0.3, -0.25) is 9.78 Å². The van der Waals surface area contributed by atoms with Crippen molar-refractivity contribution in [1.82, 2.24) is 4.98 Å². The molecule has 2 atom stereocenters. The summed E-state index contributed by atoms with van der Waals surface area (Å²) in [5, 5.41) is 11.8. The van der Waals surface area contributed by atoms with E-state index in [2.05, 4.69) is 14.5 Å². The Balaban J connectivity index is 1.93. The van der Waals surface area contributed by atoms with Crippen molar-refractivity contribution >= 4 is 16.8 Å². The molecule has 8 heteroatoms. The molecule has 2 aromatic carbocycles. The monoisotopic (exact) mass is 414 g/mol. The summed E-state index contributed by atoms with van der Waals surface area (Å²) in [5.41, 5.74) is 7.84. The summed E-state index contributed by atoms with van der Waals surface area (Å²) in [6.45, 7) is 3.67. The van der Waals surface area contributed by atoms with E-state index >= 15 is 0 Å². The maximum Gasteiger partial charge on any atom is 0.586 e. The number of hydrogen-bond acceptors (Lipinski definition) is 5. The molecule has 156 valence electrons. The van der Waals surface area contributed by atoms with Gasteiger partial charge in [-0.1, -0.05) is 25.1 Å². The van der Waals surface area contributed by atoms with E-state index in [1.807, 2.05) is 13.0 Å². The van der Waals surface area contributed by atoms with Crippen LogP contribution in [-0.2, 0) is 4.79 Å². The van der Waals surface area contributed by atoms with Crippen LogP contribution in [0.25, 0.3) is 10.9 Å². The molecule has 0 radical (unpaired) electrons. The Morgan fingerprint density at radius 1 is 1.23 bits per heavy atom. The summed E-state index contributed by atoms with van der Waals surface area (Å²) in [6.07, 6.45) is -1.81. The van der Waals surface area contributed by atoms with Crippen molar-refractivity contribution in [1.29, 1.82) is 0 Å². The van der Waals surface area contributed by atoms with Gasteiger partial charge in [0.15, 0.2) is 11.5 Å². The highest BCUT2D eigenvalue weighted by molar-refractivity contribution is 5.89. The minimum absolute atomic E-state index is 0.0797. The van der Waals surface area contributed by atoms with Crippen molar-refractivity contribution < 1.29 is 28.2 Å². The van der Waals surface area contributed by atoms with Crippen LogP contribution >= 0.6 is 0 Å². The molecular weight excluding hydrogens is 394 g/mol. The number of rotatable bonds is 5. The number of nitrogens with zero attached hydrogens (tertiary/aromatic N) is 1. The fraction of sp³-hybridized carbons (Fsp3) is 0.273. The molecule has 3 aromatic rings. The quantitative estimate of drug-likeness (QED) is 0.652. The number of phenols is 1. The summed E-state index contributed by atoms with van der Waals surface area (Å²) >= 11 is 0. The molecule has 0 spiro atoms. The molecule has 30 heavy (non-hydrogen) atoms. The van der Waals surface area contributed by atoms with Crippen LogP contribution in [0.4, 0.5) is 8.78 Å². The van der Waals surface area contributed by atoms with Gasteiger partial charge in [0, 0.05) is 29.0 Å². The van der Waals surface area contributed by atoms with E-state index in [4.69, 9.17) is 5.73 Å². The van der Waals surface area contributed by atoms with Gasteiger partial charge in [-0.05, 0) is 42.7 Å². The number of nitrogens with two attached hydrogens (primary N) is 1. The van der Waals surface area contributed by atoms with Crippen molar-refractivity contribution in [2.45, 2.75) is 32.5 Å². The highest BCUT2D eigenvalue weighted by atomic mass is 19.3. The van der Waals surface area contributed by atoms with Gasteiger partial charge in [0.2, 0.25) is 5.91 Å². The fourth-order valence-corrected chi connectivity index (χ4v) is 4.05. The van der Waals surface area contributed by atoms with Crippen molar-refractivity contribution in [3.8, 4) is 17.2 Å². The average molecular weight is 414 g/mol. The maximum atomic E-state index is 13.5. The number of phenolic OH excluding ortho intramolecular Hbond substituents is 1. The Morgan fingerprint density at radius 2 is 1.97 bits per heavy atom. The third-order valence-corrected chi connectivity index (χ3v) is 5.43. The molecule has 1 aliphatic rings. The van der Waals surface area contributed by atoms with E-state index in [-0.39, 0.29) is 17.2 Å². The Morgan fingerprint density at radius 3 is 2.67 bits per heavy atom. The summed E-state index contributed by atoms with van der Waals surface area (Å²) < 4.78 is 36.0. The largest absolute Gasteiger partial charge is 0.586 e. The van der Waals surface area contributed by atoms with Crippen LogP contribution in [0.5, 0.6) is 17.2 Å². The summed E-state index contributed by atoms with van der Waals surface area (Å²) in [7, 11) is 0. The molecule has 2 heterocycles. The predicted octanol–water partition coefficient (Wildman–Crippen LogP) is 4.21. The van der Waals surface area contributed by atoms with Crippen LogP contribution in [0.3, 0.4) is 0 Å². The average Bonchev–Trinajstić information content (AvgIpc) is 3.01. The topological polar surface area (TPSA) is 94.7 Å². The lowest BCUT2D eigenvalue weighted by Crippen LogP contribution is -2.29. The number of aromatic hydroxyl groups is 1. The van der Waals surface area contributed by atoms with Gasteiger partial charge < -0.3 is 20.3 Å². The van der Waals surface area contributed by atoms with Crippen molar-refractivity contribution in [2.24, 2.45) is 11.7 Å². The number of amides is 1. The van der Waals surface area contributed by atoms with Gasteiger partial charge >= 0.3 is 6.29 Å². The number of benzene rings is 2. The van der Waals surface area contributed by atoms with E-state index in [0.29, 0.717) is 23.1 Å². The third kappa shape index (κ3) is 3.28. The van der Waals surface area contributed by atoms with E-state index in [0.717, 1.165) is 10.9 Å². The van der Waals surface area contributed by atoms with Crippen molar-refractivity contribution in [3.63, 3.8) is 0 Å². The molecule has 2 unspecified atom stereocenters. The Bertz CT molecular complexity index is 1150. The van der Waals surface area contributed by atoms with Gasteiger partial charge in [-0.2, -0.15) is 0 Å². The first-order chi connectivity index (χ1) is 14.2. The molecule has 1 aromatic heterocycles.